The minimum absolute atomic E-state index is 0.183. The van der Waals surface area contributed by atoms with E-state index in [1.165, 1.54) is 12.3 Å². The van der Waals surface area contributed by atoms with Crippen molar-refractivity contribution in [3.63, 3.8) is 0 Å². The molecule has 0 saturated carbocycles. The van der Waals surface area contributed by atoms with Crippen molar-refractivity contribution in [2.45, 2.75) is 33.7 Å². The zero-order valence-corrected chi connectivity index (χ0v) is 13.6. The van der Waals surface area contributed by atoms with Gasteiger partial charge in [-0.1, -0.05) is 11.6 Å². The summed E-state index contributed by atoms with van der Waals surface area (Å²) in [5, 5.41) is 0.400. The second kappa shape index (κ2) is 5.32. The summed E-state index contributed by atoms with van der Waals surface area (Å²) >= 11 is 6.17. The van der Waals surface area contributed by atoms with Gasteiger partial charge in [0, 0.05) is 17.8 Å². The molecule has 22 heavy (non-hydrogen) atoms. The lowest BCUT2D eigenvalue weighted by atomic mass is 10.1. The molecule has 0 bridgehead atoms. The maximum atomic E-state index is 14.5. The predicted octanol–water partition coefficient (Wildman–Crippen LogP) is 4.48. The predicted molar refractivity (Wildman–Crippen MR) is 85.6 cm³/mol. The number of aromatic nitrogens is 4. The highest BCUT2D eigenvalue weighted by molar-refractivity contribution is 6.32. The molecule has 2 aromatic heterocycles. The lowest BCUT2D eigenvalue weighted by molar-refractivity contribution is 0.600. The smallest absolute Gasteiger partial charge is 0.151 e. The van der Waals surface area contributed by atoms with E-state index in [0.717, 1.165) is 11.3 Å². The number of aryl methyl sites for hydroxylation is 2. The summed E-state index contributed by atoms with van der Waals surface area (Å²) in [6.07, 6.45) is 1.53. The molecule has 0 spiro atoms. The first-order chi connectivity index (χ1) is 10.4. The molecule has 114 valence electrons. The average Bonchev–Trinajstić information content (AvgIpc) is 2.78. The van der Waals surface area contributed by atoms with Gasteiger partial charge < -0.3 is 4.57 Å². The van der Waals surface area contributed by atoms with Crippen LogP contribution in [0.5, 0.6) is 0 Å². The Morgan fingerprint density at radius 3 is 2.59 bits per heavy atom. The third-order valence-corrected chi connectivity index (χ3v) is 3.86. The van der Waals surface area contributed by atoms with Crippen molar-refractivity contribution in [1.29, 1.82) is 0 Å². The largest absolute Gasteiger partial charge is 0.326 e. The van der Waals surface area contributed by atoms with Crippen LogP contribution >= 0.6 is 11.6 Å². The Kier molecular flexibility index (Phi) is 3.60. The van der Waals surface area contributed by atoms with Crippen molar-refractivity contribution >= 4 is 22.6 Å². The summed E-state index contributed by atoms with van der Waals surface area (Å²) in [5.41, 5.74) is 2.28. The van der Waals surface area contributed by atoms with Crippen molar-refractivity contribution in [3.8, 4) is 11.3 Å². The van der Waals surface area contributed by atoms with Gasteiger partial charge in [-0.2, -0.15) is 0 Å². The van der Waals surface area contributed by atoms with Gasteiger partial charge in [0.05, 0.1) is 16.2 Å². The lowest BCUT2D eigenvalue weighted by Crippen LogP contribution is -2.03. The zero-order chi connectivity index (χ0) is 16.0. The molecule has 0 saturated heterocycles. The van der Waals surface area contributed by atoms with Crippen molar-refractivity contribution in [3.05, 3.63) is 40.8 Å². The second-order valence-corrected chi connectivity index (χ2v) is 5.97. The van der Waals surface area contributed by atoms with Crippen LogP contribution in [0.25, 0.3) is 22.3 Å². The van der Waals surface area contributed by atoms with Crippen LogP contribution in [0.15, 0.2) is 18.3 Å². The molecule has 6 heteroatoms. The van der Waals surface area contributed by atoms with Crippen LogP contribution in [0.1, 0.15) is 31.5 Å². The Balaban J connectivity index is 2.32. The van der Waals surface area contributed by atoms with Gasteiger partial charge in [-0.3, -0.25) is 0 Å². The molecule has 0 atom stereocenters. The van der Waals surface area contributed by atoms with E-state index in [4.69, 9.17) is 11.6 Å². The number of benzene rings is 1. The SMILES string of the molecule is Cc1ncc(Cl)c(-c2cc(F)c3nc(C)n(C(C)C)c3c2)n1. The summed E-state index contributed by atoms with van der Waals surface area (Å²) in [7, 11) is 0. The van der Waals surface area contributed by atoms with E-state index in [-0.39, 0.29) is 11.9 Å². The van der Waals surface area contributed by atoms with Crippen molar-refractivity contribution in [2.24, 2.45) is 0 Å². The molecule has 1 aromatic carbocycles. The Bertz CT molecular complexity index is 870. The monoisotopic (exact) mass is 318 g/mol. The molecule has 0 radical (unpaired) electrons. The minimum Gasteiger partial charge on any atom is -0.326 e. The van der Waals surface area contributed by atoms with Gasteiger partial charge in [-0.05, 0) is 39.8 Å². The summed E-state index contributed by atoms with van der Waals surface area (Å²) in [5.74, 6) is 1.00. The molecule has 3 aromatic rings. The maximum absolute atomic E-state index is 14.5. The van der Waals surface area contributed by atoms with Crippen LogP contribution in [0.4, 0.5) is 4.39 Å². The van der Waals surface area contributed by atoms with Crippen LogP contribution in [0.3, 0.4) is 0 Å². The number of rotatable bonds is 2. The van der Waals surface area contributed by atoms with E-state index >= 15 is 0 Å². The van der Waals surface area contributed by atoms with Gasteiger partial charge in [-0.15, -0.1) is 0 Å². The zero-order valence-electron chi connectivity index (χ0n) is 12.9. The number of hydrogen-bond donors (Lipinski definition) is 0. The van der Waals surface area contributed by atoms with E-state index < -0.39 is 0 Å². The fraction of sp³-hybridized carbons (Fsp3) is 0.312. The first-order valence-electron chi connectivity index (χ1n) is 7.06. The van der Waals surface area contributed by atoms with E-state index in [0.29, 0.717) is 27.6 Å². The summed E-state index contributed by atoms with van der Waals surface area (Å²) in [4.78, 5) is 12.7. The van der Waals surface area contributed by atoms with Gasteiger partial charge in [0.25, 0.3) is 0 Å². The Morgan fingerprint density at radius 1 is 1.18 bits per heavy atom. The first-order valence-corrected chi connectivity index (χ1v) is 7.44. The molecule has 0 fully saturated rings. The molecular formula is C16H16ClFN4. The third kappa shape index (κ3) is 2.35. The van der Waals surface area contributed by atoms with Gasteiger partial charge in [0.15, 0.2) is 5.82 Å². The molecule has 0 N–H and O–H groups in total. The highest BCUT2D eigenvalue weighted by Crippen LogP contribution is 2.31. The van der Waals surface area contributed by atoms with Crippen LogP contribution in [0, 0.1) is 19.7 Å². The summed E-state index contributed by atoms with van der Waals surface area (Å²) < 4.78 is 16.5. The van der Waals surface area contributed by atoms with Crippen molar-refractivity contribution < 1.29 is 4.39 Å². The quantitative estimate of drug-likeness (QED) is 0.699. The number of fused-ring (bicyclic) bond motifs is 1. The molecule has 2 heterocycles. The second-order valence-electron chi connectivity index (χ2n) is 5.56. The molecule has 0 aliphatic heterocycles. The average molecular weight is 319 g/mol. The van der Waals surface area contributed by atoms with Crippen LogP contribution < -0.4 is 0 Å². The molecule has 0 aliphatic carbocycles. The van der Waals surface area contributed by atoms with E-state index in [9.17, 15) is 4.39 Å². The Hall–Kier alpha value is -2.01. The van der Waals surface area contributed by atoms with E-state index in [1.807, 2.05) is 31.4 Å². The van der Waals surface area contributed by atoms with Crippen molar-refractivity contribution in [1.82, 2.24) is 19.5 Å². The van der Waals surface area contributed by atoms with Crippen molar-refractivity contribution in [2.75, 3.05) is 0 Å². The van der Waals surface area contributed by atoms with Gasteiger partial charge >= 0.3 is 0 Å². The topological polar surface area (TPSA) is 43.6 Å². The highest BCUT2D eigenvalue weighted by atomic mass is 35.5. The molecule has 0 amide bonds. The van der Waals surface area contributed by atoms with Crippen LogP contribution in [0.2, 0.25) is 5.02 Å². The van der Waals surface area contributed by atoms with Gasteiger partial charge in [0.1, 0.15) is 17.2 Å². The number of halogens is 2. The maximum Gasteiger partial charge on any atom is 0.151 e. The molecule has 0 aliphatic rings. The normalized spacial score (nSPS) is 11.6. The lowest BCUT2D eigenvalue weighted by Gasteiger charge is -2.12. The van der Waals surface area contributed by atoms with Crippen LogP contribution in [-0.2, 0) is 0 Å². The summed E-state index contributed by atoms with van der Waals surface area (Å²) in [6, 6.07) is 3.49. The van der Waals surface area contributed by atoms with E-state index in [2.05, 4.69) is 15.0 Å². The molecule has 0 unspecified atom stereocenters. The highest BCUT2D eigenvalue weighted by Gasteiger charge is 2.17. The summed E-state index contributed by atoms with van der Waals surface area (Å²) in [6.45, 7) is 7.74. The minimum atomic E-state index is -0.373. The number of nitrogens with zero attached hydrogens (tertiary/aromatic N) is 4. The van der Waals surface area contributed by atoms with E-state index in [1.54, 1.807) is 6.92 Å². The van der Waals surface area contributed by atoms with Gasteiger partial charge in [-0.25, -0.2) is 19.3 Å². The molecular weight excluding hydrogens is 303 g/mol. The Morgan fingerprint density at radius 2 is 1.91 bits per heavy atom. The van der Waals surface area contributed by atoms with Gasteiger partial charge in [0.2, 0.25) is 0 Å². The fourth-order valence-electron chi connectivity index (χ4n) is 2.72. The number of hydrogen-bond acceptors (Lipinski definition) is 3. The van der Waals surface area contributed by atoms with Crippen LogP contribution in [-0.4, -0.2) is 19.5 Å². The number of imidazole rings is 1. The standard InChI is InChI=1S/C16H16ClFN4/c1-8(2)22-10(4)21-16-13(18)5-11(6-14(16)22)15-12(17)7-19-9(3)20-15/h5-8H,1-4H3. The molecule has 4 nitrogen and oxygen atoms in total. The molecule has 3 rings (SSSR count). The third-order valence-electron chi connectivity index (χ3n) is 3.58. The fourth-order valence-corrected chi connectivity index (χ4v) is 2.92. The Labute approximate surface area is 133 Å². The first kappa shape index (κ1) is 14.9.